The molecule has 0 aliphatic rings. The highest BCUT2D eigenvalue weighted by atomic mass is 35.5. The van der Waals surface area contributed by atoms with Crippen molar-refractivity contribution in [3.05, 3.63) is 47.5 Å². The molecule has 3 rings (SSSR count). The number of rotatable bonds is 10. The quantitative estimate of drug-likeness (QED) is 0.196. The highest BCUT2D eigenvalue weighted by Gasteiger charge is 2.13. The zero-order valence-electron chi connectivity index (χ0n) is 15.1. The summed E-state index contributed by atoms with van der Waals surface area (Å²) in [6.45, 7) is 0. The van der Waals surface area contributed by atoms with Crippen LogP contribution in [0.1, 0.15) is 59.2 Å². The maximum atomic E-state index is 12.4. The van der Waals surface area contributed by atoms with E-state index in [1.54, 1.807) is 11.3 Å². The van der Waals surface area contributed by atoms with Crippen molar-refractivity contribution < 1.29 is 9.59 Å². The first kappa shape index (κ1) is 20.3. The van der Waals surface area contributed by atoms with Crippen LogP contribution in [0.4, 0.5) is 0 Å². The third-order valence-corrected chi connectivity index (χ3v) is 6.37. The van der Waals surface area contributed by atoms with Gasteiger partial charge in [0.05, 0.1) is 0 Å². The molecule has 5 heteroatoms. The van der Waals surface area contributed by atoms with Crippen molar-refractivity contribution in [3.63, 3.8) is 0 Å². The van der Waals surface area contributed by atoms with Gasteiger partial charge >= 0.3 is 0 Å². The van der Waals surface area contributed by atoms with Crippen molar-refractivity contribution in [2.24, 2.45) is 0 Å². The van der Waals surface area contributed by atoms with Gasteiger partial charge in [-0.05, 0) is 62.1 Å². The number of hydrogen-bond donors (Lipinski definition) is 0. The molecule has 0 amide bonds. The molecule has 0 radical (unpaired) electrons. The van der Waals surface area contributed by atoms with Gasteiger partial charge in [0, 0.05) is 55.9 Å². The molecule has 0 aliphatic heterocycles. The van der Waals surface area contributed by atoms with Gasteiger partial charge in [-0.15, -0.1) is 34.5 Å². The minimum absolute atomic E-state index is 0.148. The fourth-order valence-corrected chi connectivity index (χ4v) is 4.62. The number of ketones is 2. The van der Waals surface area contributed by atoms with E-state index in [4.69, 9.17) is 23.2 Å². The van der Waals surface area contributed by atoms with Crippen molar-refractivity contribution in [3.8, 4) is 0 Å². The topological polar surface area (TPSA) is 34.1 Å². The van der Waals surface area contributed by atoms with Gasteiger partial charge in [0.1, 0.15) is 0 Å². The number of fused-ring (bicyclic) bond motifs is 3. The Morgan fingerprint density at radius 1 is 0.704 bits per heavy atom. The Morgan fingerprint density at radius 3 is 1.56 bits per heavy atom. The standard InChI is InChI=1S/C22H22Cl2O2S/c23-11-3-1-5-19(25)15-7-9-21-17(13-15)18-14-16(8-10-22(18)27-21)20(26)6-2-4-12-24/h7-10,13-14H,1-6,11-12H2. The Kier molecular flexibility index (Phi) is 7.28. The molecule has 0 fully saturated rings. The van der Waals surface area contributed by atoms with Crippen molar-refractivity contribution in [1.29, 1.82) is 0 Å². The van der Waals surface area contributed by atoms with Crippen LogP contribution in [-0.4, -0.2) is 23.3 Å². The van der Waals surface area contributed by atoms with Crippen LogP contribution in [-0.2, 0) is 0 Å². The molecule has 1 aromatic heterocycles. The fraction of sp³-hybridized carbons (Fsp3) is 0.364. The lowest BCUT2D eigenvalue weighted by Gasteiger charge is -2.03. The van der Waals surface area contributed by atoms with Gasteiger partial charge < -0.3 is 0 Å². The van der Waals surface area contributed by atoms with E-state index in [0.29, 0.717) is 24.6 Å². The minimum atomic E-state index is 0.148. The Morgan fingerprint density at radius 2 is 1.15 bits per heavy atom. The highest BCUT2D eigenvalue weighted by Crippen LogP contribution is 2.35. The number of hydrogen-bond acceptors (Lipinski definition) is 3. The molecule has 0 N–H and O–H groups in total. The summed E-state index contributed by atoms with van der Waals surface area (Å²) in [7, 11) is 0. The van der Waals surface area contributed by atoms with Crippen LogP contribution in [0.5, 0.6) is 0 Å². The largest absolute Gasteiger partial charge is 0.294 e. The molecular formula is C22H22Cl2O2S. The Hall–Kier alpha value is -1.42. The van der Waals surface area contributed by atoms with Crippen LogP contribution in [0.15, 0.2) is 36.4 Å². The van der Waals surface area contributed by atoms with Gasteiger partial charge in [-0.25, -0.2) is 0 Å². The van der Waals surface area contributed by atoms with E-state index in [9.17, 15) is 9.59 Å². The lowest BCUT2D eigenvalue weighted by Crippen LogP contribution is -1.99. The van der Waals surface area contributed by atoms with E-state index in [0.717, 1.165) is 57.0 Å². The number of benzene rings is 2. The first-order valence-electron chi connectivity index (χ1n) is 9.28. The van der Waals surface area contributed by atoms with E-state index in [-0.39, 0.29) is 11.6 Å². The second-order valence-electron chi connectivity index (χ2n) is 6.66. The van der Waals surface area contributed by atoms with Gasteiger partial charge in [0.2, 0.25) is 0 Å². The summed E-state index contributed by atoms with van der Waals surface area (Å²) in [5, 5.41) is 2.10. The van der Waals surface area contributed by atoms with Crippen molar-refractivity contribution in [1.82, 2.24) is 0 Å². The molecule has 0 saturated carbocycles. The SMILES string of the molecule is O=C(CCCCCl)c1ccc2sc3ccc(C(=O)CCCCCl)cc3c2c1. The molecule has 3 aromatic rings. The van der Waals surface area contributed by atoms with Gasteiger partial charge in [0.15, 0.2) is 11.6 Å². The molecule has 0 unspecified atom stereocenters. The van der Waals surface area contributed by atoms with Crippen molar-refractivity contribution in [2.75, 3.05) is 11.8 Å². The van der Waals surface area contributed by atoms with Crippen LogP contribution < -0.4 is 0 Å². The summed E-state index contributed by atoms with van der Waals surface area (Å²) >= 11 is 13.1. The monoisotopic (exact) mass is 420 g/mol. The zero-order valence-corrected chi connectivity index (χ0v) is 17.4. The molecule has 142 valence electrons. The van der Waals surface area contributed by atoms with Gasteiger partial charge in [-0.1, -0.05) is 0 Å². The summed E-state index contributed by atoms with van der Waals surface area (Å²) < 4.78 is 2.27. The van der Waals surface area contributed by atoms with Gasteiger partial charge in [-0.2, -0.15) is 0 Å². The van der Waals surface area contributed by atoms with Gasteiger partial charge in [0.25, 0.3) is 0 Å². The summed E-state index contributed by atoms with van der Waals surface area (Å²) in [5.41, 5.74) is 1.46. The average Bonchev–Trinajstić information content (AvgIpc) is 3.05. The zero-order chi connectivity index (χ0) is 19.2. The average molecular weight is 421 g/mol. The molecule has 1 heterocycles. The van der Waals surface area contributed by atoms with Crippen LogP contribution in [0.3, 0.4) is 0 Å². The fourth-order valence-electron chi connectivity index (χ4n) is 3.17. The summed E-state index contributed by atoms with van der Waals surface area (Å²) in [6, 6.07) is 11.8. The summed E-state index contributed by atoms with van der Waals surface area (Å²) in [5.74, 6) is 1.47. The van der Waals surface area contributed by atoms with Crippen LogP contribution in [0, 0.1) is 0 Å². The Labute approximate surface area is 173 Å². The molecule has 0 saturated heterocycles. The third-order valence-electron chi connectivity index (χ3n) is 4.69. The molecule has 0 atom stereocenters. The van der Waals surface area contributed by atoms with Crippen LogP contribution in [0.25, 0.3) is 20.2 Å². The van der Waals surface area contributed by atoms with E-state index in [1.165, 1.54) is 0 Å². The molecule has 0 bridgehead atoms. The Balaban J connectivity index is 1.90. The first-order valence-corrected chi connectivity index (χ1v) is 11.2. The molecular weight excluding hydrogens is 399 g/mol. The van der Waals surface area contributed by atoms with Crippen molar-refractivity contribution >= 4 is 66.3 Å². The van der Waals surface area contributed by atoms with Crippen LogP contribution in [0.2, 0.25) is 0 Å². The number of thiophene rings is 1. The van der Waals surface area contributed by atoms with E-state index in [1.807, 2.05) is 36.4 Å². The smallest absolute Gasteiger partial charge is 0.162 e. The second kappa shape index (κ2) is 9.68. The molecule has 0 aliphatic carbocycles. The normalized spacial score (nSPS) is 11.3. The first-order chi connectivity index (χ1) is 13.1. The number of alkyl halides is 2. The second-order valence-corrected chi connectivity index (χ2v) is 8.50. The summed E-state index contributed by atoms with van der Waals surface area (Å²) in [4.78, 5) is 24.9. The number of halogens is 2. The lowest BCUT2D eigenvalue weighted by molar-refractivity contribution is 0.0972. The maximum absolute atomic E-state index is 12.4. The molecule has 2 aromatic carbocycles. The number of carbonyl (C=O) groups excluding carboxylic acids is 2. The molecule has 27 heavy (non-hydrogen) atoms. The van der Waals surface area contributed by atoms with E-state index in [2.05, 4.69) is 0 Å². The number of Topliss-reactive ketones (excluding diaryl/α,β-unsaturated/α-hetero) is 2. The lowest BCUT2D eigenvalue weighted by atomic mass is 10.0. The molecule has 0 spiro atoms. The minimum Gasteiger partial charge on any atom is -0.294 e. The third kappa shape index (κ3) is 4.90. The molecule has 2 nitrogen and oxygen atoms in total. The van der Waals surface area contributed by atoms with Crippen molar-refractivity contribution in [2.45, 2.75) is 38.5 Å². The number of unbranched alkanes of at least 4 members (excludes halogenated alkanes) is 2. The predicted octanol–water partition coefficient (Wildman–Crippen LogP) is 7.24. The highest BCUT2D eigenvalue weighted by molar-refractivity contribution is 7.25. The van der Waals surface area contributed by atoms with Crippen LogP contribution >= 0.6 is 34.5 Å². The number of carbonyl (C=O) groups is 2. The Bertz CT molecular complexity index is 885. The van der Waals surface area contributed by atoms with E-state index >= 15 is 0 Å². The maximum Gasteiger partial charge on any atom is 0.162 e. The van der Waals surface area contributed by atoms with Gasteiger partial charge in [-0.3, -0.25) is 9.59 Å². The predicted molar refractivity (Wildman–Crippen MR) is 117 cm³/mol. The summed E-state index contributed by atoms with van der Waals surface area (Å²) in [6.07, 6.45) is 4.37. The van der Waals surface area contributed by atoms with E-state index < -0.39 is 0 Å².